The summed E-state index contributed by atoms with van der Waals surface area (Å²) in [5.41, 5.74) is 0.114. The fraction of sp³-hybridized carbons (Fsp3) is 0.238. The minimum absolute atomic E-state index is 0.0326. The summed E-state index contributed by atoms with van der Waals surface area (Å²) in [6.45, 7) is -0.201. The second-order valence-electron chi connectivity index (χ2n) is 6.26. The number of aromatic amines is 1. The number of rotatable bonds is 9. The van der Waals surface area contributed by atoms with Gasteiger partial charge >= 0.3 is 0 Å². The highest BCUT2D eigenvalue weighted by Crippen LogP contribution is 2.36. The Morgan fingerprint density at radius 1 is 1.13 bits per heavy atom. The van der Waals surface area contributed by atoms with Crippen LogP contribution in [0.4, 0.5) is 0 Å². The molecule has 0 bridgehead atoms. The summed E-state index contributed by atoms with van der Waals surface area (Å²) in [5.74, 6) is 0.697. The molecule has 1 aromatic carbocycles. The largest absolute Gasteiger partial charge is 0.493 e. The number of para-hydroxylation sites is 1. The van der Waals surface area contributed by atoms with Crippen molar-refractivity contribution in [2.45, 2.75) is 6.10 Å². The van der Waals surface area contributed by atoms with Crippen molar-refractivity contribution in [2.75, 3.05) is 27.4 Å². The number of carbonyl (C=O) groups excluding carboxylic acids is 1. The molecule has 30 heavy (non-hydrogen) atoms. The Labute approximate surface area is 177 Å². The lowest BCUT2D eigenvalue weighted by molar-refractivity contribution is 0.0832. The summed E-state index contributed by atoms with van der Waals surface area (Å²) in [5, 5.41) is 14.6. The zero-order chi connectivity index (χ0) is 21.5. The minimum Gasteiger partial charge on any atom is -0.493 e. The number of nitrogens with one attached hydrogen (secondary N) is 2. The molecule has 0 aliphatic rings. The fourth-order valence-electron chi connectivity index (χ4n) is 2.73. The zero-order valence-electron chi connectivity index (χ0n) is 16.5. The van der Waals surface area contributed by atoms with Gasteiger partial charge < -0.3 is 29.6 Å². The van der Waals surface area contributed by atoms with Crippen molar-refractivity contribution >= 4 is 17.2 Å². The molecule has 1 amide bonds. The lowest BCUT2D eigenvalue weighted by atomic mass is 10.2. The van der Waals surface area contributed by atoms with Gasteiger partial charge in [0.05, 0.1) is 24.8 Å². The molecule has 0 aliphatic carbocycles. The third-order valence-electron chi connectivity index (χ3n) is 4.24. The van der Waals surface area contributed by atoms with Crippen LogP contribution in [0.2, 0.25) is 0 Å². The Kier molecular flexibility index (Phi) is 7.10. The van der Waals surface area contributed by atoms with E-state index >= 15 is 0 Å². The van der Waals surface area contributed by atoms with Gasteiger partial charge in [-0.15, -0.1) is 11.3 Å². The molecular formula is C21H22N2O6S. The maximum absolute atomic E-state index is 12.3. The van der Waals surface area contributed by atoms with E-state index in [1.165, 1.54) is 31.6 Å². The Bertz CT molecular complexity index is 1030. The van der Waals surface area contributed by atoms with Gasteiger partial charge in [0.2, 0.25) is 5.75 Å². The number of carbonyl (C=O) groups is 1. The number of aromatic nitrogens is 1. The van der Waals surface area contributed by atoms with Crippen LogP contribution in [0.5, 0.6) is 17.2 Å². The van der Waals surface area contributed by atoms with Gasteiger partial charge in [-0.3, -0.25) is 9.59 Å². The molecule has 2 aromatic heterocycles. The van der Waals surface area contributed by atoms with Crippen molar-refractivity contribution in [3.8, 4) is 27.8 Å². The third-order valence-corrected chi connectivity index (χ3v) is 5.14. The van der Waals surface area contributed by atoms with Crippen LogP contribution in [0.3, 0.4) is 0 Å². The first-order valence-corrected chi connectivity index (χ1v) is 9.98. The first kappa shape index (κ1) is 21.4. The van der Waals surface area contributed by atoms with E-state index in [0.29, 0.717) is 22.9 Å². The fourth-order valence-corrected chi connectivity index (χ4v) is 3.44. The Morgan fingerprint density at radius 3 is 2.47 bits per heavy atom. The van der Waals surface area contributed by atoms with Crippen molar-refractivity contribution < 1.29 is 24.1 Å². The van der Waals surface area contributed by atoms with Gasteiger partial charge in [-0.1, -0.05) is 12.1 Å². The van der Waals surface area contributed by atoms with Crippen LogP contribution < -0.4 is 25.1 Å². The van der Waals surface area contributed by atoms with E-state index in [0.717, 1.165) is 4.88 Å². The summed E-state index contributed by atoms with van der Waals surface area (Å²) in [4.78, 5) is 28.2. The summed E-state index contributed by atoms with van der Waals surface area (Å²) in [7, 11) is 3.00. The van der Waals surface area contributed by atoms with E-state index < -0.39 is 17.6 Å². The Balaban J connectivity index is 1.57. The molecule has 1 unspecified atom stereocenters. The molecule has 0 fully saturated rings. The van der Waals surface area contributed by atoms with Crippen LogP contribution in [0.1, 0.15) is 10.4 Å². The van der Waals surface area contributed by atoms with Crippen LogP contribution >= 0.6 is 11.3 Å². The van der Waals surface area contributed by atoms with Crippen LogP contribution in [-0.4, -0.2) is 49.5 Å². The highest BCUT2D eigenvalue weighted by molar-refractivity contribution is 7.13. The predicted octanol–water partition coefficient (Wildman–Crippen LogP) is 2.29. The minimum atomic E-state index is -1.01. The first-order chi connectivity index (χ1) is 14.5. The van der Waals surface area contributed by atoms with Gasteiger partial charge in [-0.2, -0.15) is 0 Å². The maximum atomic E-state index is 12.3. The Hall–Kier alpha value is -3.30. The smallest absolute Gasteiger partial charge is 0.261 e. The molecule has 0 radical (unpaired) electrons. The second kappa shape index (κ2) is 9.95. The summed E-state index contributed by atoms with van der Waals surface area (Å²) in [6, 6.07) is 12.1. The number of amides is 1. The standard InChI is InChI=1S/C21H22N2O6S/c1-27-16-5-3-6-17(28-2)19(16)29-12-13(24)11-22-20(25)14-8-9-15(23-21(14)26)18-7-4-10-30-18/h3-10,13,24H,11-12H2,1-2H3,(H,22,25)(H,23,26). The number of hydrogen-bond donors (Lipinski definition) is 3. The number of hydrogen-bond acceptors (Lipinski definition) is 7. The van der Waals surface area contributed by atoms with Gasteiger partial charge in [-0.05, 0) is 35.7 Å². The summed E-state index contributed by atoms with van der Waals surface area (Å²) >= 11 is 1.49. The van der Waals surface area contributed by atoms with Gasteiger partial charge in [0.1, 0.15) is 18.3 Å². The lowest BCUT2D eigenvalue weighted by Gasteiger charge is -2.17. The lowest BCUT2D eigenvalue weighted by Crippen LogP contribution is -2.37. The number of pyridine rings is 1. The highest BCUT2D eigenvalue weighted by atomic mass is 32.1. The molecule has 2 heterocycles. The average Bonchev–Trinajstić information content (AvgIpc) is 3.30. The topological polar surface area (TPSA) is 110 Å². The summed E-state index contributed by atoms with van der Waals surface area (Å²) < 4.78 is 16.1. The molecule has 0 spiro atoms. The average molecular weight is 430 g/mol. The normalized spacial score (nSPS) is 11.6. The SMILES string of the molecule is COc1cccc(OC)c1OCC(O)CNC(=O)c1ccc(-c2cccs2)[nH]c1=O. The van der Waals surface area contributed by atoms with Crippen LogP contribution in [-0.2, 0) is 0 Å². The van der Waals surface area contributed by atoms with E-state index in [1.807, 2.05) is 17.5 Å². The number of thiophene rings is 1. The monoisotopic (exact) mass is 430 g/mol. The molecule has 9 heteroatoms. The molecule has 0 saturated carbocycles. The van der Waals surface area contributed by atoms with E-state index in [-0.39, 0.29) is 18.7 Å². The molecule has 3 N–H and O–H groups in total. The van der Waals surface area contributed by atoms with Gasteiger partial charge in [0.25, 0.3) is 11.5 Å². The molecule has 8 nitrogen and oxygen atoms in total. The molecule has 3 rings (SSSR count). The van der Waals surface area contributed by atoms with Crippen LogP contribution in [0.15, 0.2) is 52.6 Å². The van der Waals surface area contributed by atoms with Gasteiger partial charge in [-0.25, -0.2) is 0 Å². The van der Waals surface area contributed by atoms with Crippen LogP contribution in [0, 0.1) is 0 Å². The summed E-state index contributed by atoms with van der Waals surface area (Å²) in [6.07, 6.45) is -1.01. The van der Waals surface area contributed by atoms with E-state index in [4.69, 9.17) is 14.2 Å². The van der Waals surface area contributed by atoms with E-state index in [9.17, 15) is 14.7 Å². The second-order valence-corrected chi connectivity index (χ2v) is 7.21. The number of ether oxygens (including phenoxy) is 3. The first-order valence-electron chi connectivity index (χ1n) is 9.10. The van der Waals surface area contributed by atoms with Crippen LogP contribution in [0.25, 0.3) is 10.6 Å². The van der Waals surface area contributed by atoms with Crippen molar-refractivity contribution in [2.24, 2.45) is 0 Å². The zero-order valence-corrected chi connectivity index (χ0v) is 17.3. The number of H-pyrrole nitrogens is 1. The molecule has 158 valence electrons. The van der Waals surface area contributed by atoms with Crippen molar-refractivity contribution in [1.29, 1.82) is 0 Å². The maximum Gasteiger partial charge on any atom is 0.261 e. The number of aliphatic hydroxyl groups excluding tert-OH is 1. The van der Waals surface area contributed by atoms with Crippen molar-refractivity contribution in [3.05, 3.63) is 63.8 Å². The predicted molar refractivity (Wildman–Crippen MR) is 114 cm³/mol. The molecular weight excluding hydrogens is 408 g/mol. The number of aliphatic hydroxyl groups is 1. The highest BCUT2D eigenvalue weighted by Gasteiger charge is 2.16. The quantitative estimate of drug-likeness (QED) is 0.481. The van der Waals surface area contributed by atoms with Crippen molar-refractivity contribution in [1.82, 2.24) is 10.3 Å². The van der Waals surface area contributed by atoms with Gasteiger partial charge in [0.15, 0.2) is 11.5 Å². The van der Waals surface area contributed by atoms with Gasteiger partial charge in [0, 0.05) is 6.54 Å². The molecule has 3 aromatic rings. The number of methoxy groups -OCH3 is 2. The molecule has 1 atom stereocenters. The number of benzene rings is 1. The molecule has 0 aliphatic heterocycles. The molecule has 0 saturated heterocycles. The van der Waals surface area contributed by atoms with E-state index in [1.54, 1.807) is 24.3 Å². The Morgan fingerprint density at radius 2 is 1.87 bits per heavy atom. The van der Waals surface area contributed by atoms with Crippen molar-refractivity contribution in [3.63, 3.8) is 0 Å². The third kappa shape index (κ3) is 5.00. The van der Waals surface area contributed by atoms with E-state index in [2.05, 4.69) is 10.3 Å².